The summed E-state index contributed by atoms with van der Waals surface area (Å²) < 4.78 is 13.1. The van der Waals surface area contributed by atoms with Gasteiger partial charge in [0.2, 0.25) is 0 Å². The van der Waals surface area contributed by atoms with Gasteiger partial charge in [-0.2, -0.15) is 5.26 Å². The fourth-order valence-electron chi connectivity index (χ4n) is 1.74. The molecule has 0 unspecified atom stereocenters. The molecular formula is C14H19FN2O. The zero-order valence-electron chi connectivity index (χ0n) is 10.8. The molecule has 0 radical (unpaired) electrons. The number of hydrogen-bond donors (Lipinski definition) is 2. The summed E-state index contributed by atoms with van der Waals surface area (Å²) >= 11 is 0. The molecule has 1 rings (SSSR count). The van der Waals surface area contributed by atoms with Crippen molar-refractivity contribution in [1.29, 1.82) is 5.26 Å². The maximum Gasteiger partial charge on any atom is 0.123 e. The molecule has 0 fully saturated rings. The molecule has 0 spiro atoms. The lowest BCUT2D eigenvalue weighted by molar-refractivity contribution is 0.207. The van der Waals surface area contributed by atoms with Gasteiger partial charge in [0, 0.05) is 19.7 Å². The first-order valence-corrected chi connectivity index (χ1v) is 5.98. The molecule has 1 aromatic rings. The van der Waals surface area contributed by atoms with Gasteiger partial charge in [-0.05, 0) is 35.6 Å². The number of aliphatic hydroxyl groups is 1. The Labute approximate surface area is 107 Å². The Hall–Kier alpha value is -1.44. The van der Waals surface area contributed by atoms with Gasteiger partial charge in [-0.15, -0.1) is 0 Å². The summed E-state index contributed by atoms with van der Waals surface area (Å²) in [4.78, 5) is 0. The van der Waals surface area contributed by atoms with Crippen LogP contribution in [0.25, 0.3) is 0 Å². The highest BCUT2D eigenvalue weighted by atomic mass is 19.1. The number of rotatable bonds is 6. The highest BCUT2D eigenvalue weighted by Gasteiger charge is 2.16. The highest BCUT2D eigenvalue weighted by molar-refractivity contribution is 5.37. The number of nitriles is 1. The summed E-state index contributed by atoms with van der Waals surface area (Å²) in [6.45, 7) is 5.41. The minimum Gasteiger partial charge on any atom is -0.396 e. The fraction of sp³-hybridized carbons (Fsp3) is 0.500. The molecule has 0 aliphatic rings. The number of halogens is 1. The van der Waals surface area contributed by atoms with Crippen LogP contribution in [0.2, 0.25) is 0 Å². The molecule has 0 aliphatic heterocycles. The summed E-state index contributed by atoms with van der Waals surface area (Å²) in [5.41, 5.74) is 1.13. The van der Waals surface area contributed by atoms with Crippen LogP contribution in [0.15, 0.2) is 18.2 Å². The van der Waals surface area contributed by atoms with E-state index in [9.17, 15) is 4.39 Å². The Morgan fingerprint density at radius 3 is 2.78 bits per heavy atom. The predicted molar refractivity (Wildman–Crippen MR) is 68.3 cm³/mol. The van der Waals surface area contributed by atoms with Gasteiger partial charge in [0.25, 0.3) is 0 Å². The molecule has 2 N–H and O–H groups in total. The monoisotopic (exact) mass is 250 g/mol. The number of nitrogens with one attached hydrogen (secondary N) is 1. The zero-order chi connectivity index (χ0) is 13.6. The molecular weight excluding hydrogens is 231 g/mol. The molecule has 0 bridgehead atoms. The van der Waals surface area contributed by atoms with E-state index in [1.54, 1.807) is 0 Å². The molecule has 0 amide bonds. The van der Waals surface area contributed by atoms with Crippen molar-refractivity contribution in [3.8, 4) is 6.07 Å². The third kappa shape index (κ3) is 4.44. The molecule has 0 heterocycles. The van der Waals surface area contributed by atoms with Gasteiger partial charge in [0.05, 0.1) is 11.6 Å². The van der Waals surface area contributed by atoms with Crippen LogP contribution in [0.4, 0.5) is 4.39 Å². The smallest absolute Gasteiger partial charge is 0.123 e. The lowest BCUT2D eigenvalue weighted by Gasteiger charge is -2.24. The summed E-state index contributed by atoms with van der Waals surface area (Å²) in [6.07, 6.45) is 0.703. The van der Waals surface area contributed by atoms with Crippen molar-refractivity contribution < 1.29 is 9.50 Å². The summed E-state index contributed by atoms with van der Waals surface area (Å²) in [5, 5.41) is 21.0. The van der Waals surface area contributed by atoms with Crippen molar-refractivity contribution >= 4 is 0 Å². The van der Waals surface area contributed by atoms with E-state index in [1.807, 2.05) is 19.9 Å². The Bertz CT molecular complexity index is 438. The maximum absolute atomic E-state index is 13.1. The lowest BCUT2D eigenvalue weighted by Crippen LogP contribution is -2.30. The fourth-order valence-corrected chi connectivity index (χ4v) is 1.74. The minimum atomic E-state index is -0.333. The SMILES string of the molecule is CC(C)(CCO)CNCc1cc(F)ccc1C#N. The van der Waals surface area contributed by atoms with Gasteiger partial charge >= 0.3 is 0 Å². The highest BCUT2D eigenvalue weighted by Crippen LogP contribution is 2.18. The number of hydrogen-bond acceptors (Lipinski definition) is 3. The second-order valence-corrected chi connectivity index (χ2v) is 5.15. The summed E-state index contributed by atoms with van der Waals surface area (Å²) in [7, 11) is 0. The number of benzene rings is 1. The van der Waals surface area contributed by atoms with E-state index in [4.69, 9.17) is 10.4 Å². The van der Waals surface area contributed by atoms with Crippen molar-refractivity contribution in [2.75, 3.05) is 13.2 Å². The van der Waals surface area contributed by atoms with Crippen molar-refractivity contribution in [1.82, 2.24) is 5.32 Å². The van der Waals surface area contributed by atoms with Crippen LogP contribution < -0.4 is 5.32 Å². The molecule has 4 heteroatoms. The van der Waals surface area contributed by atoms with E-state index < -0.39 is 0 Å². The second kappa shape index (κ2) is 6.48. The second-order valence-electron chi connectivity index (χ2n) is 5.15. The van der Waals surface area contributed by atoms with Crippen LogP contribution in [0, 0.1) is 22.6 Å². The van der Waals surface area contributed by atoms with E-state index in [1.165, 1.54) is 18.2 Å². The van der Waals surface area contributed by atoms with Crippen LogP contribution in [0.3, 0.4) is 0 Å². The Morgan fingerprint density at radius 1 is 1.44 bits per heavy atom. The first-order valence-electron chi connectivity index (χ1n) is 5.98. The minimum absolute atomic E-state index is 0.0190. The van der Waals surface area contributed by atoms with Crippen molar-refractivity contribution in [3.05, 3.63) is 35.1 Å². The van der Waals surface area contributed by atoms with Crippen LogP contribution in [-0.4, -0.2) is 18.3 Å². The Kier molecular flexibility index (Phi) is 5.26. The van der Waals surface area contributed by atoms with E-state index in [0.717, 1.165) is 0 Å². The maximum atomic E-state index is 13.1. The molecule has 0 saturated heterocycles. The van der Waals surface area contributed by atoms with E-state index in [0.29, 0.717) is 30.6 Å². The number of aliphatic hydroxyl groups excluding tert-OH is 1. The van der Waals surface area contributed by atoms with Crippen LogP contribution in [-0.2, 0) is 6.54 Å². The van der Waals surface area contributed by atoms with E-state index in [2.05, 4.69) is 5.32 Å². The van der Waals surface area contributed by atoms with Crippen molar-refractivity contribution in [2.45, 2.75) is 26.8 Å². The molecule has 0 saturated carbocycles. The first-order chi connectivity index (χ1) is 8.48. The summed E-state index contributed by atoms with van der Waals surface area (Å²) in [6, 6.07) is 6.21. The molecule has 18 heavy (non-hydrogen) atoms. The average Bonchev–Trinajstić information content (AvgIpc) is 2.29. The van der Waals surface area contributed by atoms with E-state index in [-0.39, 0.29) is 17.8 Å². The van der Waals surface area contributed by atoms with Gasteiger partial charge in [-0.1, -0.05) is 13.8 Å². The lowest BCUT2D eigenvalue weighted by atomic mass is 9.89. The molecule has 0 aliphatic carbocycles. The Balaban J connectivity index is 2.59. The van der Waals surface area contributed by atoms with E-state index >= 15 is 0 Å². The quantitative estimate of drug-likeness (QED) is 0.813. The van der Waals surface area contributed by atoms with Gasteiger partial charge in [-0.25, -0.2) is 4.39 Å². The molecule has 0 aromatic heterocycles. The third-order valence-electron chi connectivity index (χ3n) is 2.90. The van der Waals surface area contributed by atoms with Gasteiger partial charge < -0.3 is 10.4 Å². The van der Waals surface area contributed by atoms with Crippen LogP contribution in [0.5, 0.6) is 0 Å². The largest absolute Gasteiger partial charge is 0.396 e. The molecule has 3 nitrogen and oxygen atoms in total. The first kappa shape index (κ1) is 14.6. The summed E-state index contributed by atoms with van der Waals surface area (Å²) in [5.74, 6) is -0.333. The normalized spacial score (nSPS) is 11.3. The van der Waals surface area contributed by atoms with Gasteiger partial charge in [0.15, 0.2) is 0 Å². The van der Waals surface area contributed by atoms with Crippen LogP contribution >= 0.6 is 0 Å². The zero-order valence-corrected chi connectivity index (χ0v) is 10.8. The van der Waals surface area contributed by atoms with Gasteiger partial charge in [-0.3, -0.25) is 0 Å². The molecule has 1 aromatic carbocycles. The molecule has 98 valence electrons. The third-order valence-corrected chi connectivity index (χ3v) is 2.90. The number of nitrogens with zero attached hydrogens (tertiary/aromatic N) is 1. The van der Waals surface area contributed by atoms with Crippen molar-refractivity contribution in [2.24, 2.45) is 5.41 Å². The van der Waals surface area contributed by atoms with Crippen molar-refractivity contribution in [3.63, 3.8) is 0 Å². The molecule has 0 atom stereocenters. The topological polar surface area (TPSA) is 56.0 Å². The van der Waals surface area contributed by atoms with Crippen LogP contribution in [0.1, 0.15) is 31.4 Å². The standard InChI is InChI=1S/C14H19FN2O/c1-14(2,5-6-18)10-17-9-12-7-13(15)4-3-11(12)8-16/h3-4,7,17-18H,5-6,9-10H2,1-2H3. The van der Waals surface area contributed by atoms with Gasteiger partial charge in [0.1, 0.15) is 5.82 Å². The Morgan fingerprint density at radius 2 is 2.17 bits per heavy atom. The predicted octanol–water partition coefficient (Wildman–Crippen LogP) is 2.20. The average molecular weight is 250 g/mol.